The quantitative estimate of drug-likeness (QED) is 0.664. The summed E-state index contributed by atoms with van der Waals surface area (Å²) in [6.45, 7) is 4.47. The van der Waals surface area contributed by atoms with E-state index in [1.54, 1.807) is 6.26 Å². The standard InChI is InChI=1S/C24H25N3O3/c1-24(10-2-11-24)23(29)27-14-12-26(13-15-27)22(28)18-5-3-17(4-6-18)19-7-8-21-20(25-19)9-16-30-21/h3-9,16H,2,10-15H2,1H3. The van der Waals surface area contributed by atoms with Gasteiger partial charge in [-0.3, -0.25) is 9.59 Å². The predicted octanol–water partition coefficient (Wildman–Crippen LogP) is 3.97. The molecule has 2 fully saturated rings. The van der Waals surface area contributed by atoms with E-state index in [1.165, 1.54) is 0 Å². The fraction of sp³-hybridized carbons (Fsp3) is 0.375. The van der Waals surface area contributed by atoms with Gasteiger partial charge in [-0.2, -0.15) is 0 Å². The van der Waals surface area contributed by atoms with Gasteiger partial charge in [0.15, 0.2) is 5.58 Å². The molecule has 3 aromatic rings. The van der Waals surface area contributed by atoms with Crippen molar-refractivity contribution >= 4 is 22.9 Å². The summed E-state index contributed by atoms with van der Waals surface area (Å²) >= 11 is 0. The van der Waals surface area contributed by atoms with Crippen LogP contribution in [0.1, 0.15) is 36.5 Å². The lowest BCUT2D eigenvalue weighted by Crippen LogP contribution is -2.55. The Kier molecular flexibility index (Phi) is 4.57. The van der Waals surface area contributed by atoms with Crippen LogP contribution in [0.3, 0.4) is 0 Å². The maximum absolute atomic E-state index is 12.9. The average molecular weight is 403 g/mol. The zero-order chi connectivity index (χ0) is 20.7. The van der Waals surface area contributed by atoms with Crippen molar-refractivity contribution in [1.82, 2.24) is 14.8 Å². The van der Waals surface area contributed by atoms with Crippen LogP contribution in [0.25, 0.3) is 22.4 Å². The molecule has 30 heavy (non-hydrogen) atoms. The summed E-state index contributed by atoms with van der Waals surface area (Å²) in [7, 11) is 0. The van der Waals surface area contributed by atoms with Crippen molar-refractivity contribution in [3.63, 3.8) is 0 Å². The molecule has 0 spiro atoms. The first-order chi connectivity index (χ1) is 14.5. The van der Waals surface area contributed by atoms with E-state index in [4.69, 9.17) is 4.42 Å². The third-order valence-corrected chi connectivity index (χ3v) is 6.56. The smallest absolute Gasteiger partial charge is 0.253 e. The van der Waals surface area contributed by atoms with E-state index < -0.39 is 0 Å². The van der Waals surface area contributed by atoms with Crippen LogP contribution in [0, 0.1) is 5.41 Å². The largest absolute Gasteiger partial charge is 0.463 e. The van der Waals surface area contributed by atoms with Crippen LogP contribution in [0.2, 0.25) is 0 Å². The van der Waals surface area contributed by atoms with Crippen LogP contribution in [0.5, 0.6) is 0 Å². The number of rotatable bonds is 3. The van der Waals surface area contributed by atoms with Crippen molar-refractivity contribution in [2.24, 2.45) is 5.41 Å². The van der Waals surface area contributed by atoms with Crippen LogP contribution in [0.4, 0.5) is 0 Å². The van der Waals surface area contributed by atoms with E-state index in [2.05, 4.69) is 11.9 Å². The summed E-state index contributed by atoms with van der Waals surface area (Å²) in [5.74, 6) is 0.272. The van der Waals surface area contributed by atoms with E-state index in [9.17, 15) is 9.59 Å². The van der Waals surface area contributed by atoms with Gasteiger partial charge in [-0.05, 0) is 37.1 Å². The molecule has 0 unspecified atom stereocenters. The highest BCUT2D eigenvalue weighted by molar-refractivity contribution is 5.95. The van der Waals surface area contributed by atoms with Crippen molar-refractivity contribution in [3.05, 3.63) is 54.3 Å². The minimum atomic E-state index is -0.171. The van der Waals surface area contributed by atoms with E-state index in [1.807, 2.05) is 52.3 Å². The van der Waals surface area contributed by atoms with Gasteiger partial charge < -0.3 is 14.2 Å². The van der Waals surface area contributed by atoms with Gasteiger partial charge in [0.2, 0.25) is 5.91 Å². The number of aromatic nitrogens is 1. The van der Waals surface area contributed by atoms with E-state index in [0.29, 0.717) is 31.7 Å². The summed E-state index contributed by atoms with van der Waals surface area (Å²) in [6, 6.07) is 13.2. The van der Waals surface area contributed by atoms with Gasteiger partial charge in [0.05, 0.1) is 12.0 Å². The Bertz CT molecular complexity index is 1090. The van der Waals surface area contributed by atoms with Gasteiger partial charge in [0.25, 0.3) is 5.91 Å². The van der Waals surface area contributed by atoms with Gasteiger partial charge in [0, 0.05) is 48.8 Å². The first-order valence-electron chi connectivity index (χ1n) is 10.6. The van der Waals surface area contributed by atoms with Crippen molar-refractivity contribution in [2.45, 2.75) is 26.2 Å². The molecule has 1 saturated heterocycles. The Labute approximate surface area is 175 Å². The molecular weight excluding hydrogens is 378 g/mol. The van der Waals surface area contributed by atoms with Gasteiger partial charge in [-0.25, -0.2) is 4.98 Å². The molecule has 2 aromatic heterocycles. The van der Waals surface area contributed by atoms with E-state index >= 15 is 0 Å². The molecule has 6 heteroatoms. The number of hydrogen-bond acceptors (Lipinski definition) is 4. The second kappa shape index (κ2) is 7.27. The number of benzene rings is 1. The molecule has 2 amide bonds. The second-order valence-electron chi connectivity index (χ2n) is 8.58. The number of carbonyl (C=O) groups excluding carboxylic acids is 2. The molecule has 0 bridgehead atoms. The van der Waals surface area contributed by atoms with Crippen LogP contribution in [-0.2, 0) is 4.79 Å². The van der Waals surface area contributed by atoms with Crippen molar-refractivity contribution in [3.8, 4) is 11.3 Å². The summed E-state index contributed by atoms with van der Waals surface area (Å²) in [5.41, 5.74) is 3.87. The first kappa shape index (κ1) is 18.9. The normalized spacial score (nSPS) is 18.3. The molecule has 1 aliphatic carbocycles. The van der Waals surface area contributed by atoms with E-state index in [0.717, 1.165) is 41.6 Å². The first-order valence-corrected chi connectivity index (χ1v) is 10.6. The van der Waals surface area contributed by atoms with Crippen molar-refractivity contribution in [2.75, 3.05) is 26.2 Å². The highest BCUT2D eigenvalue weighted by Gasteiger charge is 2.42. The predicted molar refractivity (Wildman–Crippen MR) is 114 cm³/mol. The molecule has 3 heterocycles. The van der Waals surface area contributed by atoms with Crippen LogP contribution in [-0.4, -0.2) is 52.8 Å². The minimum absolute atomic E-state index is 0.0155. The van der Waals surface area contributed by atoms with Gasteiger partial charge in [-0.15, -0.1) is 0 Å². The lowest BCUT2D eigenvalue weighted by atomic mass is 9.69. The molecule has 0 N–H and O–H groups in total. The number of furan rings is 1. The number of pyridine rings is 1. The molecule has 0 radical (unpaired) electrons. The van der Waals surface area contributed by atoms with Crippen LogP contribution >= 0.6 is 0 Å². The molecule has 1 aliphatic heterocycles. The lowest BCUT2D eigenvalue weighted by Gasteiger charge is -2.43. The Morgan fingerprint density at radius 2 is 1.63 bits per heavy atom. The molecule has 154 valence electrons. The molecule has 0 atom stereocenters. The zero-order valence-corrected chi connectivity index (χ0v) is 17.1. The molecule has 1 saturated carbocycles. The van der Waals surface area contributed by atoms with Crippen molar-refractivity contribution in [1.29, 1.82) is 0 Å². The number of amides is 2. The summed E-state index contributed by atoms with van der Waals surface area (Å²) in [4.78, 5) is 34.0. The monoisotopic (exact) mass is 403 g/mol. The number of nitrogens with zero attached hydrogens (tertiary/aromatic N) is 3. The summed E-state index contributed by atoms with van der Waals surface area (Å²) in [6.07, 6.45) is 4.74. The maximum atomic E-state index is 12.9. The summed E-state index contributed by atoms with van der Waals surface area (Å²) < 4.78 is 5.34. The maximum Gasteiger partial charge on any atom is 0.253 e. The van der Waals surface area contributed by atoms with Crippen LogP contribution in [0.15, 0.2) is 53.1 Å². The number of fused-ring (bicyclic) bond motifs is 1. The topological polar surface area (TPSA) is 66.7 Å². The fourth-order valence-electron chi connectivity index (χ4n) is 4.40. The lowest BCUT2D eigenvalue weighted by molar-refractivity contribution is -0.147. The molecule has 2 aliphatic rings. The Morgan fingerprint density at radius 1 is 0.933 bits per heavy atom. The Balaban J connectivity index is 1.24. The highest BCUT2D eigenvalue weighted by atomic mass is 16.3. The van der Waals surface area contributed by atoms with Crippen molar-refractivity contribution < 1.29 is 14.0 Å². The number of piperazine rings is 1. The molecule has 6 nitrogen and oxygen atoms in total. The highest BCUT2D eigenvalue weighted by Crippen LogP contribution is 2.42. The molecule has 1 aromatic carbocycles. The third-order valence-electron chi connectivity index (χ3n) is 6.56. The van der Waals surface area contributed by atoms with E-state index in [-0.39, 0.29) is 17.2 Å². The molecule has 5 rings (SSSR count). The SMILES string of the molecule is CC1(C(=O)N2CCN(C(=O)c3ccc(-c4ccc5occc5n4)cc3)CC2)CCC1. The average Bonchev–Trinajstić information content (AvgIpc) is 3.24. The van der Waals surface area contributed by atoms with Gasteiger partial charge in [0.1, 0.15) is 5.52 Å². The zero-order valence-electron chi connectivity index (χ0n) is 17.1. The molecular formula is C24H25N3O3. The third kappa shape index (κ3) is 3.26. The summed E-state index contributed by atoms with van der Waals surface area (Å²) in [5, 5.41) is 0. The fourth-order valence-corrected chi connectivity index (χ4v) is 4.40. The van der Waals surface area contributed by atoms with Gasteiger partial charge >= 0.3 is 0 Å². The number of carbonyl (C=O) groups is 2. The Morgan fingerprint density at radius 3 is 2.30 bits per heavy atom. The second-order valence-corrected chi connectivity index (χ2v) is 8.58. The Hall–Kier alpha value is -3.15. The van der Waals surface area contributed by atoms with Gasteiger partial charge in [-0.1, -0.05) is 25.5 Å². The minimum Gasteiger partial charge on any atom is -0.463 e. The number of hydrogen-bond donors (Lipinski definition) is 0. The van der Waals surface area contributed by atoms with Crippen LogP contribution < -0.4 is 0 Å².